The lowest BCUT2D eigenvalue weighted by atomic mass is 10.2. The quantitative estimate of drug-likeness (QED) is 0.636. The molecule has 0 bridgehead atoms. The number of rotatable bonds is 1. The van der Waals surface area contributed by atoms with E-state index in [-0.39, 0.29) is 6.04 Å². The summed E-state index contributed by atoms with van der Waals surface area (Å²) in [6, 6.07) is -0.311. The van der Waals surface area contributed by atoms with Crippen LogP contribution in [0.4, 0.5) is 13.2 Å². The molecule has 0 radical (unpaired) electrons. The van der Waals surface area contributed by atoms with E-state index in [9.17, 15) is 18.0 Å². The van der Waals surface area contributed by atoms with Crippen LogP contribution in [0.25, 0.3) is 0 Å². The molecule has 1 saturated heterocycles. The number of hydrogen-bond acceptors (Lipinski definition) is 2. The lowest BCUT2D eigenvalue weighted by Crippen LogP contribution is -2.45. The van der Waals surface area contributed by atoms with Gasteiger partial charge in [0.25, 0.3) is 0 Å². The fourth-order valence-corrected chi connectivity index (χ4v) is 1.59. The van der Waals surface area contributed by atoms with Crippen molar-refractivity contribution < 1.29 is 18.0 Å². The van der Waals surface area contributed by atoms with E-state index >= 15 is 0 Å². The van der Waals surface area contributed by atoms with Crippen LogP contribution in [0.2, 0.25) is 0 Å². The number of halogens is 3. The third-order valence-electron chi connectivity index (χ3n) is 2.48. The van der Waals surface area contributed by atoms with Crippen molar-refractivity contribution in [2.45, 2.75) is 18.6 Å². The first kappa shape index (κ1) is 11.3. The number of nitrogens with zero attached hydrogens (tertiary/aromatic N) is 2. The number of amides is 1. The van der Waals surface area contributed by atoms with E-state index in [2.05, 4.69) is 0 Å². The van der Waals surface area contributed by atoms with Crippen LogP contribution in [0.15, 0.2) is 0 Å². The fourth-order valence-electron chi connectivity index (χ4n) is 1.59. The van der Waals surface area contributed by atoms with Crippen LogP contribution < -0.4 is 0 Å². The molecule has 14 heavy (non-hydrogen) atoms. The minimum Gasteiger partial charge on any atom is -0.334 e. The zero-order chi connectivity index (χ0) is 10.9. The van der Waals surface area contributed by atoms with Gasteiger partial charge in [-0.05, 0) is 20.0 Å². The Labute approximate surface area is 80.5 Å². The largest absolute Gasteiger partial charge is 0.471 e. The monoisotopic (exact) mass is 210 g/mol. The van der Waals surface area contributed by atoms with Gasteiger partial charge in [-0.25, -0.2) is 0 Å². The van der Waals surface area contributed by atoms with Crippen molar-refractivity contribution in [3.8, 4) is 0 Å². The second kappa shape index (κ2) is 3.76. The first-order chi connectivity index (χ1) is 6.32. The molecule has 0 aromatic carbocycles. The predicted octanol–water partition coefficient (Wildman–Crippen LogP) is 0.711. The molecule has 0 N–H and O–H groups in total. The molecule has 3 nitrogen and oxygen atoms in total. The lowest BCUT2D eigenvalue weighted by molar-refractivity contribution is -0.185. The number of likely N-dealkylation sites (tertiary alicyclic amines) is 1. The summed E-state index contributed by atoms with van der Waals surface area (Å²) in [5.74, 6) is -1.75. The highest BCUT2D eigenvalue weighted by Crippen LogP contribution is 2.21. The van der Waals surface area contributed by atoms with Crippen molar-refractivity contribution in [1.82, 2.24) is 9.80 Å². The molecule has 0 spiro atoms. The van der Waals surface area contributed by atoms with Gasteiger partial charge in [-0.1, -0.05) is 0 Å². The van der Waals surface area contributed by atoms with Gasteiger partial charge in [-0.2, -0.15) is 13.2 Å². The molecule has 1 aliphatic rings. The number of likely N-dealkylation sites (N-methyl/N-ethyl adjacent to an activating group) is 2. The second-order valence-electron chi connectivity index (χ2n) is 3.62. The third kappa shape index (κ3) is 2.37. The van der Waals surface area contributed by atoms with Gasteiger partial charge < -0.3 is 9.80 Å². The molecule has 6 heteroatoms. The summed E-state index contributed by atoms with van der Waals surface area (Å²) in [5, 5.41) is 0. The van der Waals surface area contributed by atoms with E-state index in [1.165, 1.54) is 7.05 Å². The summed E-state index contributed by atoms with van der Waals surface area (Å²) in [5.41, 5.74) is 0. The Morgan fingerprint density at radius 1 is 1.50 bits per heavy atom. The van der Waals surface area contributed by atoms with Crippen molar-refractivity contribution >= 4 is 5.91 Å². The van der Waals surface area contributed by atoms with Gasteiger partial charge in [0.2, 0.25) is 0 Å². The maximum atomic E-state index is 12.0. The summed E-state index contributed by atoms with van der Waals surface area (Å²) < 4.78 is 36.1. The van der Waals surface area contributed by atoms with E-state index in [0.29, 0.717) is 13.0 Å². The normalized spacial score (nSPS) is 23.9. The summed E-state index contributed by atoms with van der Waals surface area (Å²) >= 11 is 0. The molecule has 0 aromatic heterocycles. The van der Waals surface area contributed by atoms with Crippen LogP contribution in [0, 0.1) is 0 Å². The first-order valence-electron chi connectivity index (χ1n) is 4.35. The summed E-state index contributed by atoms with van der Waals surface area (Å²) in [6.07, 6.45) is -4.15. The topological polar surface area (TPSA) is 23.6 Å². The second-order valence-corrected chi connectivity index (χ2v) is 3.62. The molecule has 82 valence electrons. The van der Waals surface area contributed by atoms with E-state index in [0.717, 1.165) is 11.4 Å². The SMILES string of the molecule is CN1CCC(N(C)C(=O)C(F)(F)F)C1. The molecule has 1 unspecified atom stereocenters. The van der Waals surface area contributed by atoms with Crippen molar-refractivity contribution in [2.24, 2.45) is 0 Å². The van der Waals surface area contributed by atoms with Crippen LogP contribution in [-0.2, 0) is 4.79 Å². The zero-order valence-corrected chi connectivity index (χ0v) is 8.14. The Balaban J connectivity index is 2.57. The molecule has 0 aliphatic carbocycles. The standard InChI is InChI=1S/C8H13F3N2O/c1-12-4-3-6(5-12)13(2)7(14)8(9,10)11/h6H,3-5H2,1-2H3. The van der Waals surface area contributed by atoms with E-state index < -0.39 is 12.1 Å². The van der Waals surface area contributed by atoms with Gasteiger partial charge in [0.05, 0.1) is 0 Å². The van der Waals surface area contributed by atoms with Crippen molar-refractivity contribution in [2.75, 3.05) is 27.2 Å². The third-order valence-corrected chi connectivity index (χ3v) is 2.48. The molecule has 1 atom stereocenters. The average Bonchev–Trinajstić information content (AvgIpc) is 2.47. The minimum atomic E-state index is -4.75. The Hall–Kier alpha value is -0.780. The molecular weight excluding hydrogens is 197 g/mol. The molecule has 1 fully saturated rings. The smallest absolute Gasteiger partial charge is 0.334 e. The van der Waals surface area contributed by atoms with Gasteiger partial charge >= 0.3 is 12.1 Å². The van der Waals surface area contributed by atoms with Gasteiger partial charge in [-0.15, -0.1) is 0 Å². The van der Waals surface area contributed by atoms with Gasteiger partial charge in [-0.3, -0.25) is 4.79 Å². The van der Waals surface area contributed by atoms with Crippen molar-refractivity contribution in [1.29, 1.82) is 0 Å². The maximum Gasteiger partial charge on any atom is 0.471 e. The highest BCUT2D eigenvalue weighted by molar-refractivity contribution is 5.81. The Morgan fingerprint density at radius 2 is 2.07 bits per heavy atom. The van der Waals surface area contributed by atoms with E-state index in [1.54, 1.807) is 0 Å². The van der Waals surface area contributed by atoms with Gasteiger partial charge in [0.15, 0.2) is 0 Å². The lowest BCUT2D eigenvalue weighted by Gasteiger charge is -2.25. The van der Waals surface area contributed by atoms with E-state index in [1.807, 2.05) is 11.9 Å². The van der Waals surface area contributed by atoms with Gasteiger partial charge in [0, 0.05) is 19.6 Å². The van der Waals surface area contributed by atoms with Crippen LogP contribution in [-0.4, -0.2) is 55.1 Å². The van der Waals surface area contributed by atoms with Gasteiger partial charge in [0.1, 0.15) is 0 Å². The van der Waals surface area contributed by atoms with Crippen molar-refractivity contribution in [3.05, 3.63) is 0 Å². The predicted molar refractivity (Wildman–Crippen MR) is 44.7 cm³/mol. The van der Waals surface area contributed by atoms with Crippen LogP contribution >= 0.6 is 0 Å². The molecule has 1 rings (SSSR count). The number of carbonyl (C=O) groups excluding carboxylic acids is 1. The Bertz CT molecular complexity index is 229. The molecular formula is C8H13F3N2O. The number of carbonyl (C=O) groups is 1. The molecule has 0 saturated carbocycles. The number of alkyl halides is 3. The van der Waals surface area contributed by atoms with Crippen molar-refractivity contribution in [3.63, 3.8) is 0 Å². The van der Waals surface area contributed by atoms with Crippen LogP contribution in [0.1, 0.15) is 6.42 Å². The zero-order valence-electron chi connectivity index (χ0n) is 8.14. The Kier molecular flexibility index (Phi) is 3.04. The fraction of sp³-hybridized carbons (Fsp3) is 0.875. The summed E-state index contributed by atoms with van der Waals surface area (Å²) in [7, 11) is 3.03. The highest BCUT2D eigenvalue weighted by atomic mass is 19.4. The summed E-state index contributed by atoms with van der Waals surface area (Å²) in [6.45, 7) is 1.25. The maximum absolute atomic E-state index is 12.0. The van der Waals surface area contributed by atoms with Crippen LogP contribution in [0.5, 0.6) is 0 Å². The molecule has 1 heterocycles. The molecule has 0 aromatic rings. The minimum absolute atomic E-state index is 0.311. The first-order valence-corrected chi connectivity index (χ1v) is 4.35. The van der Waals surface area contributed by atoms with E-state index in [4.69, 9.17) is 0 Å². The number of hydrogen-bond donors (Lipinski definition) is 0. The Morgan fingerprint density at radius 3 is 2.43 bits per heavy atom. The molecule has 1 aliphatic heterocycles. The summed E-state index contributed by atoms with van der Waals surface area (Å²) in [4.78, 5) is 13.5. The molecule has 1 amide bonds. The van der Waals surface area contributed by atoms with Crippen LogP contribution in [0.3, 0.4) is 0 Å². The average molecular weight is 210 g/mol. The highest BCUT2D eigenvalue weighted by Gasteiger charge is 2.43.